The highest BCUT2D eigenvalue weighted by Gasteiger charge is 2.24. The van der Waals surface area contributed by atoms with Crippen LogP contribution in [-0.2, 0) is 9.59 Å². The maximum absolute atomic E-state index is 11.8. The molecular formula is C12H24N2O2. The summed E-state index contributed by atoms with van der Waals surface area (Å²) in [6.07, 6.45) is 2.36. The second-order valence-electron chi connectivity index (χ2n) is 4.63. The average Bonchev–Trinajstić information content (AvgIpc) is 2.21. The number of hydrogen-bond donors (Lipinski definition) is 1. The SMILES string of the molecule is CCCCC(=O)N[C@H](C(=O)N(C)C)C(C)C. The molecule has 0 rings (SSSR count). The van der Waals surface area contributed by atoms with E-state index in [9.17, 15) is 9.59 Å². The fourth-order valence-electron chi connectivity index (χ4n) is 1.37. The van der Waals surface area contributed by atoms with Crippen LogP contribution in [-0.4, -0.2) is 36.9 Å². The lowest BCUT2D eigenvalue weighted by Gasteiger charge is -2.24. The summed E-state index contributed by atoms with van der Waals surface area (Å²) < 4.78 is 0. The number of likely N-dealkylation sites (N-methyl/N-ethyl adjacent to an activating group) is 1. The Labute approximate surface area is 98.4 Å². The van der Waals surface area contributed by atoms with Crippen LogP contribution in [0.25, 0.3) is 0 Å². The van der Waals surface area contributed by atoms with E-state index in [0.29, 0.717) is 6.42 Å². The average molecular weight is 228 g/mol. The van der Waals surface area contributed by atoms with E-state index in [2.05, 4.69) is 5.32 Å². The fourth-order valence-corrected chi connectivity index (χ4v) is 1.37. The molecule has 94 valence electrons. The Bertz CT molecular complexity index is 237. The van der Waals surface area contributed by atoms with Crippen molar-refractivity contribution in [3.05, 3.63) is 0 Å². The Kier molecular flexibility index (Phi) is 6.77. The van der Waals surface area contributed by atoms with Crippen LogP contribution in [0.15, 0.2) is 0 Å². The van der Waals surface area contributed by atoms with Crippen molar-refractivity contribution in [2.75, 3.05) is 14.1 Å². The van der Waals surface area contributed by atoms with Crippen LogP contribution >= 0.6 is 0 Å². The fraction of sp³-hybridized carbons (Fsp3) is 0.833. The zero-order valence-electron chi connectivity index (χ0n) is 11.0. The highest BCUT2D eigenvalue weighted by Crippen LogP contribution is 2.05. The van der Waals surface area contributed by atoms with Crippen LogP contribution < -0.4 is 5.32 Å². The van der Waals surface area contributed by atoms with Gasteiger partial charge < -0.3 is 10.2 Å². The highest BCUT2D eigenvalue weighted by atomic mass is 16.2. The molecule has 1 atom stereocenters. The first-order valence-corrected chi connectivity index (χ1v) is 5.90. The summed E-state index contributed by atoms with van der Waals surface area (Å²) in [6.45, 7) is 5.91. The normalized spacial score (nSPS) is 12.4. The molecule has 0 radical (unpaired) electrons. The van der Waals surface area contributed by atoms with Gasteiger partial charge in [0.1, 0.15) is 6.04 Å². The molecule has 0 aromatic heterocycles. The molecule has 0 aromatic carbocycles. The summed E-state index contributed by atoms with van der Waals surface area (Å²) in [7, 11) is 3.41. The summed E-state index contributed by atoms with van der Waals surface area (Å²) in [6, 6.07) is -0.403. The molecule has 16 heavy (non-hydrogen) atoms. The van der Waals surface area contributed by atoms with Gasteiger partial charge in [-0.15, -0.1) is 0 Å². The van der Waals surface area contributed by atoms with E-state index >= 15 is 0 Å². The van der Waals surface area contributed by atoms with Gasteiger partial charge in [-0.25, -0.2) is 0 Å². The first kappa shape index (κ1) is 14.9. The quantitative estimate of drug-likeness (QED) is 0.747. The Morgan fingerprint density at radius 1 is 1.25 bits per heavy atom. The van der Waals surface area contributed by atoms with Crippen molar-refractivity contribution in [2.24, 2.45) is 5.92 Å². The number of unbranched alkanes of at least 4 members (excludes halogenated alkanes) is 1. The second kappa shape index (κ2) is 7.25. The van der Waals surface area contributed by atoms with E-state index in [0.717, 1.165) is 12.8 Å². The summed E-state index contributed by atoms with van der Waals surface area (Å²) in [5.74, 6) is 0.0380. The highest BCUT2D eigenvalue weighted by molar-refractivity contribution is 5.87. The van der Waals surface area contributed by atoms with Gasteiger partial charge in [-0.1, -0.05) is 27.2 Å². The predicted molar refractivity (Wildman–Crippen MR) is 65.0 cm³/mol. The van der Waals surface area contributed by atoms with E-state index < -0.39 is 6.04 Å². The molecule has 0 aliphatic rings. The van der Waals surface area contributed by atoms with Gasteiger partial charge in [0, 0.05) is 20.5 Å². The molecule has 0 unspecified atom stereocenters. The minimum Gasteiger partial charge on any atom is -0.347 e. The summed E-state index contributed by atoms with van der Waals surface area (Å²) in [5.41, 5.74) is 0. The van der Waals surface area contributed by atoms with Crippen LogP contribution in [0.1, 0.15) is 40.0 Å². The zero-order valence-corrected chi connectivity index (χ0v) is 11.0. The molecule has 0 aliphatic carbocycles. The van der Waals surface area contributed by atoms with E-state index in [4.69, 9.17) is 0 Å². The minimum atomic E-state index is -0.403. The van der Waals surface area contributed by atoms with Gasteiger partial charge in [-0.2, -0.15) is 0 Å². The van der Waals surface area contributed by atoms with E-state index in [1.807, 2.05) is 20.8 Å². The summed E-state index contributed by atoms with van der Waals surface area (Å²) in [4.78, 5) is 24.9. The van der Waals surface area contributed by atoms with Gasteiger partial charge in [-0.05, 0) is 12.3 Å². The number of rotatable bonds is 6. The third-order valence-electron chi connectivity index (χ3n) is 2.45. The first-order chi connectivity index (χ1) is 7.40. The number of nitrogens with one attached hydrogen (secondary N) is 1. The lowest BCUT2D eigenvalue weighted by Crippen LogP contribution is -2.49. The van der Waals surface area contributed by atoms with Crippen LogP contribution in [0.5, 0.6) is 0 Å². The molecule has 0 spiro atoms. The molecule has 0 aromatic rings. The zero-order chi connectivity index (χ0) is 12.7. The molecule has 4 nitrogen and oxygen atoms in total. The number of nitrogens with zero attached hydrogens (tertiary/aromatic N) is 1. The minimum absolute atomic E-state index is 0.0317. The molecular weight excluding hydrogens is 204 g/mol. The molecule has 0 fully saturated rings. The first-order valence-electron chi connectivity index (χ1n) is 5.90. The van der Waals surface area contributed by atoms with Crippen LogP contribution in [0, 0.1) is 5.92 Å². The molecule has 2 amide bonds. The number of hydrogen-bond acceptors (Lipinski definition) is 2. The van der Waals surface area contributed by atoms with Crippen molar-refractivity contribution in [3.63, 3.8) is 0 Å². The van der Waals surface area contributed by atoms with E-state index in [-0.39, 0.29) is 17.7 Å². The van der Waals surface area contributed by atoms with Crippen molar-refractivity contribution in [1.82, 2.24) is 10.2 Å². The maximum atomic E-state index is 11.8. The largest absolute Gasteiger partial charge is 0.347 e. The molecule has 0 saturated heterocycles. The smallest absolute Gasteiger partial charge is 0.244 e. The van der Waals surface area contributed by atoms with Gasteiger partial charge in [0.15, 0.2) is 0 Å². The lowest BCUT2D eigenvalue weighted by molar-refractivity contribution is -0.135. The van der Waals surface area contributed by atoms with Gasteiger partial charge in [0.25, 0.3) is 0 Å². The van der Waals surface area contributed by atoms with Crippen LogP contribution in [0.2, 0.25) is 0 Å². The maximum Gasteiger partial charge on any atom is 0.244 e. The Morgan fingerprint density at radius 2 is 1.81 bits per heavy atom. The molecule has 0 bridgehead atoms. The van der Waals surface area contributed by atoms with E-state index in [1.165, 1.54) is 4.90 Å². The Balaban J connectivity index is 4.34. The second-order valence-corrected chi connectivity index (χ2v) is 4.63. The molecule has 0 heterocycles. The summed E-state index contributed by atoms with van der Waals surface area (Å²) >= 11 is 0. The van der Waals surface area contributed by atoms with Gasteiger partial charge in [0.2, 0.25) is 11.8 Å². The van der Waals surface area contributed by atoms with Crippen LogP contribution in [0.3, 0.4) is 0 Å². The van der Waals surface area contributed by atoms with Crippen molar-refractivity contribution in [2.45, 2.75) is 46.1 Å². The van der Waals surface area contributed by atoms with Crippen molar-refractivity contribution in [1.29, 1.82) is 0 Å². The number of carbonyl (C=O) groups excluding carboxylic acids is 2. The molecule has 1 N–H and O–H groups in total. The number of carbonyl (C=O) groups is 2. The predicted octanol–water partition coefficient (Wildman–Crippen LogP) is 1.41. The lowest BCUT2D eigenvalue weighted by atomic mass is 10.0. The van der Waals surface area contributed by atoms with Crippen molar-refractivity contribution < 1.29 is 9.59 Å². The monoisotopic (exact) mass is 228 g/mol. The third kappa shape index (κ3) is 5.14. The topological polar surface area (TPSA) is 49.4 Å². The summed E-state index contributed by atoms with van der Waals surface area (Å²) in [5, 5.41) is 2.80. The van der Waals surface area contributed by atoms with Gasteiger partial charge in [-0.3, -0.25) is 9.59 Å². The standard InChI is InChI=1S/C12H24N2O2/c1-6-7-8-10(15)13-11(9(2)3)12(16)14(4)5/h9,11H,6-8H2,1-5H3,(H,13,15)/t11-/m0/s1. The van der Waals surface area contributed by atoms with Crippen molar-refractivity contribution >= 4 is 11.8 Å². The molecule has 0 saturated carbocycles. The number of amides is 2. The van der Waals surface area contributed by atoms with Gasteiger partial charge >= 0.3 is 0 Å². The third-order valence-corrected chi connectivity index (χ3v) is 2.45. The van der Waals surface area contributed by atoms with Crippen LogP contribution in [0.4, 0.5) is 0 Å². The van der Waals surface area contributed by atoms with Gasteiger partial charge in [0.05, 0.1) is 0 Å². The Morgan fingerprint density at radius 3 is 2.19 bits per heavy atom. The molecule has 4 heteroatoms. The van der Waals surface area contributed by atoms with Crippen molar-refractivity contribution in [3.8, 4) is 0 Å². The van der Waals surface area contributed by atoms with E-state index in [1.54, 1.807) is 14.1 Å². The molecule has 0 aliphatic heterocycles. The Hall–Kier alpha value is -1.06.